The van der Waals surface area contributed by atoms with E-state index in [-0.39, 0.29) is 18.1 Å². The third-order valence-corrected chi connectivity index (χ3v) is 3.75. The smallest absolute Gasteiger partial charge is 0.239 e. The highest BCUT2D eigenvalue weighted by Gasteiger charge is 2.21. The van der Waals surface area contributed by atoms with Crippen LogP contribution in [0.3, 0.4) is 0 Å². The molecule has 0 aliphatic rings. The largest absolute Gasteiger partial charge is 0.385 e. The number of nitrogens with zero attached hydrogens (tertiary/aromatic N) is 1. The third kappa shape index (κ3) is 9.24. The molecule has 0 aromatic carbocycles. The fraction of sp³-hybridized carbons (Fsp3) is 0.917. The SMILES string of the molecule is COCCCN(CCOC)C(=O)C(N)CCS(C)(=O)=O. The molecule has 0 aliphatic carbocycles. The number of sulfone groups is 1. The number of nitrogens with two attached hydrogens (primary N) is 1. The quantitative estimate of drug-likeness (QED) is 0.505. The Kier molecular flexibility index (Phi) is 9.74. The van der Waals surface area contributed by atoms with Crippen molar-refractivity contribution in [2.24, 2.45) is 5.73 Å². The van der Waals surface area contributed by atoms with Crippen LogP contribution in [0, 0.1) is 0 Å². The highest BCUT2D eigenvalue weighted by Crippen LogP contribution is 2.02. The first-order chi connectivity index (χ1) is 9.31. The van der Waals surface area contributed by atoms with Crippen LogP contribution in [0.25, 0.3) is 0 Å². The summed E-state index contributed by atoms with van der Waals surface area (Å²) in [6.07, 6.45) is 1.96. The second kappa shape index (κ2) is 10.1. The van der Waals surface area contributed by atoms with E-state index in [0.29, 0.717) is 32.7 Å². The van der Waals surface area contributed by atoms with Gasteiger partial charge in [0.15, 0.2) is 0 Å². The van der Waals surface area contributed by atoms with Gasteiger partial charge in [-0.1, -0.05) is 0 Å². The number of ether oxygens (including phenoxy) is 2. The Morgan fingerprint density at radius 2 is 1.80 bits per heavy atom. The van der Waals surface area contributed by atoms with Crippen molar-refractivity contribution in [2.45, 2.75) is 18.9 Å². The van der Waals surface area contributed by atoms with Crippen molar-refractivity contribution >= 4 is 15.7 Å². The van der Waals surface area contributed by atoms with Crippen molar-refractivity contribution in [3.05, 3.63) is 0 Å². The highest BCUT2D eigenvalue weighted by atomic mass is 32.2. The van der Waals surface area contributed by atoms with Gasteiger partial charge in [-0.05, 0) is 12.8 Å². The number of hydrogen-bond donors (Lipinski definition) is 1. The third-order valence-electron chi connectivity index (χ3n) is 2.77. The van der Waals surface area contributed by atoms with Crippen molar-refractivity contribution in [3.8, 4) is 0 Å². The first kappa shape index (κ1) is 19.3. The molecule has 8 heteroatoms. The first-order valence-electron chi connectivity index (χ1n) is 6.51. The van der Waals surface area contributed by atoms with Crippen LogP contribution in [0.5, 0.6) is 0 Å². The molecule has 0 spiro atoms. The van der Waals surface area contributed by atoms with Crippen LogP contribution in [0.1, 0.15) is 12.8 Å². The Morgan fingerprint density at radius 1 is 1.20 bits per heavy atom. The Balaban J connectivity index is 4.41. The number of amides is 1. The van der Waals surface area contributed by atoms with Gasteiger partial charge in [-0.3, -0.25) is 4.79 Å². The van der Waals surface area contributed by atoms with Gasteiger partial charge in [-0.25, -0.2) is 8.42 Å². The average molecular weight is 310 g/mol. The molecule has 0 fully saturated rings. The molecule has 0 rings (SSSR count). The second-order valence-electron chi connectivity index (χ2n) is 4.69. The summed E-state index contributed by atoms with van der Waals surface area (Å²) in [6, 6.07) is -0.802. The van der Waals surface area contributed by atoms with Crippen molar-refractivity contribution in [1.29, 1.82) is 0 Å². The second-order valence-corrected chi connectivity index (χ2v) is 6.95. The van der Waals surface area contributed by atoms with E-state index in [9.17, 15) is 13.2 Å². The molecule has 1 unspecified atom stereocenters. The predicted molar refractivity (Wildman–Crippen MR) is 77.3 cm³/mol. The monoisotopic (exact) mass is 310 g/mol. The van der Waals surface area contributed by atoms with E-state index in [4.69, 9.17) is 15.2 Å². The van der Waals surface area contributed by atoms with E-state index in [1.165, 1.54) is 0 Å². The Bertz CT molecular complexity index is 372. The minimum atomic E-state index is -3.11. The molecule has 0 aromatic rings. The lowest BCUT2D eigenvalue weighted by atomic mass is 10.2. The zero-order valence-corrected chi connectivity index (χ0v) is 13.3. The molecule has 120 valence electrons. The summed E-state index contributed by atoms with van der Waals surface area (Å²) in [4.78, 5) is 13.8. The Hall–Kier alpha value is -0.700. The molecule has 0 heterocycles. The fourth-order valence-corrected chi connectivity index (χ4v) is 2.31. The molecule has 0 bridgehead atoms. The fourth-order valence-electron chi connectivity index (χ4n) is 1.63. The standard InChI is InChI=1S/C12H26N2O5S/c1-18-8-4-6-14(7-9-19-2)12(15)11(13)5-10-20(3,16)17/h11H,4-10,13H2,1-3H3. The zero-order chi connectivity index (χ0) is 15.6. The molecular formula is C12H26N2O5S. The van der Waals surface area contributed by atoms with Crippen LogP contribution in [0.2, 0.25) is 0 Å². The van der Waals surface area contributed by atoms with Gasteiger partial charge in [-0.15, -0.1) is 0 Å². The average Bonchev–Trinajstić information content (AvgIpc) is 2.38. The molecule has 0 radical (unpaired) electrons. The van der Waals surface area contributed by atoms with E-state index in [1.807, 2.05) is 0 Å². The zero-order valence-electron chi connectivity index (χ0n) is 12.5. The van der Waals surface area contributed by atoms with Crippen molar-refractivity contribution in [1.82, 2.24) is 4.90 Å². The number of carbonyl (C=O) groups is 1. The predicted octanol–water partition coefficient (Wildman–Crippen LogP) is -0.740. The first-order valence-corrected chi connectivity index (χ1v) is 8.58. The van der Waals surface area contributed by atoms with Gasteiger partial charge in [0.25, 0.3) is 0 Å². The lowest BCUT2D eigenvalue weighted by Crippen LogP contribution is -2.46. The Labute approximate surface area is 121 Å². The summed E-state index contributed by atoms with van der Waals surface area (Å²) in [5.74, 6) is -0.336. The van der Waals surface area contributed by atoms with Crippen LogP contribution < -0.4 is 5.73 Å². The number of rotatable bonds is 11. The number of hydrogen-bond acceptors (Lipinski definition) is 6. The number of carbonyl (C=O) groups excluding carboxylic acids is 1. The van der Waals surface area contributed by atoms with Crippen LogP contribution in [-0.4, -0.2) is 77.8 Å². The van der Waals surface area contributed by atoms with Gasteiger partial charge in [0.1, 0.15) is 9.84 Å². The molecule has 20 heavy (non-hydrogen) atoms. The van der Waals surface area contributed by atoms with Gasteiger partial charge in [0.2, 0.25) is 5.91 Å². The molecular weight excluding hydrogens is 284 g/mol. The normalized spacial score (nSPS) is 13.2. The molecule has 1 atom stereocenters. The highest BCUT2D eigenvalue weighted by molar-refractivity contribution is 7.90. The molecule has 7 nitrogen and oxygen atoms in total. The molecule has 0 aromatic heterocycles. The van der Waals surface area contributed by atoms with Crippen LogP contribution in [0.4, 0.5) is 0 Å². The summed E-state index contributed by atoms with van der Waals surface area (Å²) < 4.78 is 32.1. The molecule has 0 saturated heterocycles. The van der Waals surface area contributed by atoms with Crippen molar-refractivity contribution < 1.29 is 22.7 Å². The lowest BCUT2D eigenvalue weighted by molar-refractivity contribution is -0.133. The van der Waals surface area contributed by atoms with Crippen LogP contribution in [0.15, 0.2) is 0 Å². The van der Waals surface area contributed by atoms with E-state index < -0.39 is 15.9 Å². The summed E-state index contributed by atoms with van der Waals surface area (Å²) >= 11 is 0. The maximum absolute atomic E-state index is 12.2. The topological polar surface area (TPSA) is 98.9 Å². The van der Waals surface area contributed by atoms with E-state index in [2.05, 4.69) is 0 Å². The molecule has 2 N–H and O–H groups in total. The molecule has 0 saturated carbocycles. The maximum Gasteiger partial charge on any atom is 0.239 e. The molecule has 1 amide bonds. The summed E-state index contributed by atoms with van der Waals surface area (Å²) in [5.41, 5.74) is 5.77. The molecule has 0 aliphatic heterocycles. The lowest BCUT2D eigenvalue weighted by Gasteiger charge is -2.25. The Morgan fingerprint density at radius 3 is 2.30 bits per heavy atom. The van der Waals surface area contributed by atoms with Gasteiger partial charge in [0, 0.05) is 40.2 Å². The maximum atomic E-state index is 12.2. The van der Waals surface area contributed by atoms with Crippen molar-refractivity contribution in [2.75, 3.05) is 52.5 Å². The van der Waals surface area contributed by atoms with Gasteiger partial charge >= 0.3 is 0 Å². The minimum absolute atomic E-state index is 0.0872. The summed E-state index contributed by atoms with van der Waals surface area (Å²) in [5, 5.41) is 0. The minimum Gasteiger partial charge on any atom is -0.385 e. The van der Waals surface area contributed by atoms with E-state index in [1.54, 1.807) is 19.1 Å². The van der Waals surface area contributed by atoms with Crippen molar-refractivity contribution in [3.63, 3.8) is 0 Å². The van der Waals surface area contributed by atoms with Crippen LogP contribution in [-0.2, 0) is 24.1 Å². The van der Waals surface area contributed by atoms with Crippen LogP contribution >= 0.6 is 0 Å². The van der Waals surface area contributed by atoms with Gasteiger partial charge < -0.3 is 20.1 Å². The van der Waals surface area contributed by atoms with Gasteiger partial charge in [0.05, 0.1) is 18.4 Å². The number of methoxy groups -OCH3 is 2. The van der Waals surface area contributed by atoms with E-state index >= 15 is 0 Å². The van der Waals surface area contributed by atoms with Gasteiger partial charge in [-0.2, -0.15) is 0 Å². The van der Waals surface area contributed by atoms with E-state index in [0.717, 1.165) is 6.26 Å². The summed E-state index contributed by atoms with van der Waals surface area (Å²) in [7, 11) is 0.0416. The summed E-state index contributed by atoms with van der Waals surface area (Å²) in [6.45, 7) is 1.92.